The Balaban J connectivity index is 2.14. The van der Waals surface area contributed by atoms with E-state index in [1.807, 2.05) is 6.07 Å². The summed E-state index contributed by atoms with van der Waals surface area (Å²) in [6.45, 7) is 8.32. The maximum atomic E-state index is 13.0. The van der Waals surface area contributed by atoms with Crippen LogP contribution in [0.3, 0.4) is 0 Å². The SMILES string of the molecule is CCOC(=O)N(C(=O)OC(C)(C)C)[C@H]1CCCCC(OC(=O)c2ccccc2)CC(C)OC1=O. The van der Waals surface area contributed by atoms with Gasteiger partial charge in [0.25, 0.3) is 0 Å². The minimum absolute atomic E-state index is 0.0325. The number of hydrogen-bond donors (Lipinski definition) is 0. The van der Waals surface area contributed by atoms with Crippen LogP contribution in [0, 0.1) is 0 Å². The third-order valence-electron chi connectivity index (χ3n) is 5.09. The number of carbonyl (C=O) groups excluding carboxylic acids is 4. The molecule has 0 aliphatic carbocycles. The quantitative estimate of drug-likeness (QED) is 0.446. The van der Waals surface area contributed by atoms with E-state index in [1.165, 1.54) is 0 Å². The number of ether oxygens (including phenoxy) is 4. The van der Waals surface area contributed by atoms with Crippen LogP contribution in [0.2, 0.25) is 0 Å². The lowest BCUT2D eigenvalue weighted by atomic mass is 10.0. The number of rotatable bonds is 4. The zero-order valence-corrected chi connectivity index (χ0v) is 20.6. The molecule has 0 saturated carbocycles. The standard InChI is InChI=1S/C25H35NO8/c1-6-31-23(29)26(24(30)34-25(3,4)5)20-15-11-10-14-19(16-17(2)32-22(20)28)33-21(27)18-12-8-7-9-13-18/h7-9,12-13,17,19-20H,6,10-11,14-16H2,1-5H3/t17?,19?,20-/m0/s1. The molecule has 9 heteroatoms. The second-order valence-corrected chi connectivity index (χ2v) is 9.23. The van der Waals surface area contributed by atoms with Crippen LogP contribution in [0.4, 0.5) is 9.59 Å². The first-order valence-corrected chi connectivity index (χ1v) is 11.7. The molecule has 1 aromatic rings. The van der Waals surface area contributed by atoms with Gasteiger partial charge in [0.1, 0.15) is 23.9 Å². The zero-order chi connectivity index (χ0) is 25.3. The molecular weight excluding hydrogens is 442 g/mol. The molecule has 1 saturated heterocycles. The largest absolute Gasteiger partial charge is 0.461 e. The molecule has 2 amide bonds. The molecule has 0 N–H and O–H groups in total. The van der Waals surface area contributed by atoms with E-state index in [4.69, 9.17) is 18.9 Å². The highest BCUT2D eigenvalue weighted by molar-refractivity contribution is 5.94. The van der Waals surface area contributed by atoms with Gasteiger partial charge in [-0.25, -0.2) is 19.2 Å². The number of benzene rings is 1. The van der Waals surface area contributed by atoms with Gasteiger partial charge in [-0.3, -0.25) is 0 Å². The third kappa shape index (κ3) is 8.35. The lowest BCUT2D eigenvalue weighted by Crippen LogP contribution is -2.51. The molecule has 0 bridgehead atoms. The van der Waals surface area contributed by atoms with E-state index >= 15 is 0 Å². The van der Waals surface area contributed by atoms with E-state index < -0.39 is 48.0 Å². The molecule has 2 rings (SSSR count). The van der Waals surface area contributed by atoms with Gasteiger partial charge in [-0.1, -0.05) is 24.6 Å². The highest BCUT2D eigenvalue weighted by Gasteiger charge is 2.40. The van der Waals surface area contributed by atoms with Gasteiger partial charge in [-0.15, -0.1) is 0 Å². The van der Waals surface area contributed by atoms with Crippen LogP contribution in [0.25, 0.3) is 0 Å². The average molecular weight is 478 g/mol. The maximum Gasteiger partial charge on any atom is 0.420 e. The number of carbonyl (C=O) groups is 4. The van der Waals surface area contributed by atoms with Crippen LogP contribution in [0.15, 0.2) is 30.3 Å². The van der Waals surface area contributed by atoms with Gasteiger partial charge in [0.15, 0.2) is 0 Å². The molecule has 1 aromatic carbocycles. The van der Waals surface area contributed by atoms with Crippen LogP contribution >= 0.6 is 0 Å². The summed E-state index contributed by atoms with van der Waals surface area (Å²) in [6.07, 6.45) is -0.834. The van der Waals surface area contributed by atoms with Gasteiger partial charge in [-0.2, -0.15) is 4.90 Å². The Morgan fingerprint density at radius 1 is 1.06 bits per heavy atom. The monoisotopic (exact) mass is 477 g/mol. The lowest BCUT2D eigenvalue weighted by Gasteiger charge is -2.32. The Hall–Kier alpha value is -3.10. The van der Waals surface area contributed by atoms with E-state index in [9.17, 15) is 19.2 Å². The van der Waals surface area contributed by atoms with Crippen molar-refractivity contribution in [2.45, 2.75) is 90.6 Å². The van der Waals surface area contributed by atoms with E-state index in [0.717, 1.165) is 0 Å². The van der Waals surface area contributed by atoms with Crippen molar-refractivity contribution in [3.8, 4) is 0 Å². The van der Waals surface area contributed by atoms with Crippen molar-refractivity contribution < 1.29 is 38.1 Å². The number of amides is 2. The van der Waals surface area contributed by atoms with E-state index in [0.29, 0.717) is 36.1 Å². The van der Waals surface area contributed by atoms with Gasteiger partial charge in [0.05, 0.1) is 12.2 Å². The Morgan fingerprint density at radius 3 is 2.32 bits per heavy atom. The molecule has 34 heavy (non-hydrogen) atoms. The number of cyclic esters (lactones) is 1. The summed E-state index contributed by atoms with van der Waals surface area (Å²) in [5.74, 6) is -1.17. The molecule has 1 aliphatic rings. The average Bonchev–Trinajstić information content (AvgIpc) is 2.74. The number of nitrogens with zero attached hydrogens (tertiary/aromatic N) is 1. The van der Waals surface area contributed by atoms with E-state index in [-0.39, 0.29) is 13.0 Å². The fourth-order valence-electron chi connectivity index (χ4n) is 3.61. The van der Waals surface area contributed by atoms with Gasteiger partial charge >= 0.3 is 24.1 Å². The summed E-state index contributed by atoms with van der Waals surface area (Å²) in [5.41, 5.74) is -0.419. The Labute approximate surface area is 200 Å². The molecule has 0 aromatic heterocycles. The third-order valence-corrected chi connectivity index (χ3v) is 5.09. The zero-order valence-electron chi connectivity index (χ0n) is 20.6. The summed E-state index contributed by atoms with van der Waals surface area (Å²) in [7, 11) is 0. The summed E-state index contributed by atoms with van der Waals surface area (Å²) >= 11 is 0. The van der Waals surface area contributed by atoms with Crippen molar-refractivity contribution >= 4 is 24.1 Å². The molecule has 0 spiro atoms. The molecule has 9 nitrogen and oxygen atoms in total. The molecule has 1 heterocycles. The predicted molar refractivity (Wildman–Crippen MR) is 123 cm³/mol. The molecule has 188 valence electrons. The van der Waals surface area contributed by atoms with Crippen molar-refractivity contribution in [3.05, 3.63) is 35.9 Å². The molecule has 2 unspecified atom stereocenters. The molecule has 1 fully saturated rings. The fourth-order valence-corrected chi connectivity index (χ4v) is 3.61. The summed E-state index contributed by atoms with van der Waals surface area (Å²) in [6, 6.07) is 7.51. The van der Waals surface area contributed by atoms with E-state index in [2.05, 4.69) is 0 Å². The van der Waals surface area contributed by atoms with Crippen LogP contribution in [0.1, 0.15) is 77.1 Å². The van der Waals surface area contributed by atoms with Gasteiger partial charge in [-0.05, 0) is 66.0 Å². The van der Waals surface area contributed by atoms with Crippen molar-refractivity contribution in [3.63, 3.8) is 0 Å². The van der Waals surface area contributed by atoms with Crippen LogP contribution in [0.5, 0.6) is 0 Å². The second kappa shape index (κ2) is 12.4. The van der Waals surface area contributed by atoms with Crippen molar-refractivity contribution in [2.24, 2.45) is 0 Å². The minimum Gasteiger partial charge on any atom is -0.461 e. The van der Waals surface area contributed by atoms with Crippen molar-refractivity contribution in [1.29, 1.82) is 0 Å². The molecule has 1 aliphatic heterocycles. The number of hydrogen-bond acceptors (Lipinski definition) is 8. The number of esters is 2. The second-order valence-electron chi connectivity index (χ2n) is 9.23. The first kappa shape index (κ1) is 27.1. The Kier molecular flexibility index (Phi) is 9.89. The molecular formula is C25H35NO8. The highest BCUT2D eigenvalue weighted by Crippen LogP contribution is 2.23. The Bertz CT molecular complexity index is 848. The molecule has 3 atom stereocenters. The van der Waals surface area contributed by atoms with E-state index in [1.54, 1.807) is 58.9 Å². The van der Waals surface area contributed by atoms with Gasteiger partial charge in [0, 0.05) is 6.42 Å². The normalized spacial score (nSPS) is 21.6. The lowest BCUT2D eigenvalue weighted by molar-refractivity contribution is -0.156. The van der Waals surface area contributed by atoms with Gasteiger partial charge < -0.3 is 18.9 Å². The first-order chi connectivity index (χ1) is 16.0. The van der Waals surface area contributed by atoms with Crippen LogP contribution < -0.4 is 0 Å². The van der Waals surface area contributed by atoms with Gasteiger partial charge in [0.2, 0.25) is 0 Å². The number of imide groups is 1. The maximum absolute atomic E-state index is 13.0. The molecule has 0 radical (unpaired) electrons. The summed E-state index contributed by atoms with van der Waals surface area (Å²) in [4.78, 5) is 51.6. The van der Waals surface area contributed by atoms with Crippen molar-refractivity contribution in [1.82, 2.24) is 4.90 Å². The highest BCUT2D eigenvalue weighted by atomic mass is 16.6. The van der Waals surface area contributed by atoms with Crippen LogP contribution in [-0.4, -0.2) is 59.5 Å². The predicted octanol–water partition coefficient (Wildman–Crippen LogP) is 4.87. The Morgan fingerprint density at radius 2 is 1.71 bits per heavy atom. The topological polar surface area (TPSA) is 108 Å². The minimum atomic E-state index is -1.18. The summed E-state index contributed by atoms with van der Waals surface area (Å²) < 4.78 is 21.6. The summed E-state index contributed by atoms with van der Waals surface area (Å²) in [5, 5.41) is 0. The smallest absolute Gasteiger partial charge is 0.420 e. The first-order valence-electron chi connectivity index (χ1n) is 11.7. The fraction of sp³-hybridized carbons (Fsp3) is 0.600. The van der Waals surface area contributed by atoms with Crippen LogP contribution in [-0.2, 0) is 23.7 Å². The van der Waals surface area contributed by atoms with Crippen molar-refractivity contribution in [2.75, 3.05) is 6.61 Å².